The summed E-state index contributed by atoms with van der Waals surface area (Å²) in [5.74, 6) is 1.42. The molecule has 0 aliphatic heterocycles. The summed E-state index contributed by atoms with van der Waals surface area (Å²) in [5.41, 5.74) is 2.18. The van der Waals surface area contributed by atoms with Gasteiger partial charge in [0.15, 0.2) is 0 Å². The summed E-state index contributed by atoms with van der Waals surface area (Å²) in [5, 5.41) is 0. The lowest BCUT2D eigenvalue weighted by Crippen LogP contribution is -2.13. The van der Waals surface area contributed by atoms with Gasteiger partial charge in [-0.3, -0.25) is 0 Å². The summed E-state index contributed by atoms with van der Waals surface area (Å²) in [4.78, 5) is 6.80. The van der Waals surface area contributed by atoms with Gasteiger partial charge < -0.3 is 9.47 Å². The number of alkyl halides is 1. The minimum atomic E-state index is 0.458. The Kier molecular flexibility index (Phi) is 5.25. The summed E-state index contributed by atoms with van der Waals surface area (Å²) in [7, 11) is 4.21. The number of halogens is 2. The first-order valence-corrected chi connectivity index (χ1v) is 7.80. The van der Waals surface area contributed by atoms with Crippen molar-refractivity contribution in [3.05, 3.63) is 28.5 Å². The van der Waals surface area contributed by atoms with Crippen LogP contribution >= 0.6 is 27.5 Å². The molecular weight excluding hydrogens is 326 g/mol. The first-order chi connectivity index (χ1) is 9.11. The topological polar surface area (TPSA) is 21.1 Å². The highest BCUT2D eigenvalue weighted by Gasteiger charge is 2.09. The van der Waals surface area contributed by atoms with Crippen LogP contribution < -0.4 is 0 Å². The van der Waals surface area contributed by atoms with Gasteiger partial charge >= 0.3 is 0 Å². The molecule has 2 rings (SSSR count). The number of hydrogen-bond donors (Lipinski definition) is 0. The van der Waals surface area contributed by atoms with Gasteiger partial charge in [0.05, 0.1) is 16.9 Å². The van der Waals surface area contributed by atoms with Gasteiger partial charge in [-0.2, -0.15) is 0 Å². The molecule has 3 nitrogen and oxygen atoms in total. The van der Waals surface area contributed by atoms with Crippen LogP contribution in [0.4, 0.5) is 0 Å². The molecule has 0 N–H and O–H groups in total. The number of unbranched alkanes of at least 4 members (excludes halogenated alkanes) is 1. The second kappa shape index (κ2) is 6.73. The summed E-state index contributed by atoms with van der Waals surface area (Å²) in [6.45, 7) is 2.09. The normalized spacial score (nSPS) is 11.6. The zero-order valence-electron chi connectivity index (χ0n) is 11.4. The molecule has 104 valence electrons. The molecule has 0 amide bonds. The van der Waals surface area contributed by atoms with E-state index in [9.17, 15) is 0 Å². The second-order valence-electron chi connectivity index (χ2n) is 4.96. The molecule has 5 heteroatoms. The number of nitrogens with zero attached hydrogens (tertiary/aromatic N) is 3. The van der Waals surface area contributed by atoms with E-state index in [1.807, 2.05) is 12.1 Å². The average molecular weight is 345 g/mol. The molecule has 0 fully saturated rings. The van der Waals surface area contributed by atoms with E-state index in [1.54, 1.807) is 0 Å². The van der Waals surface area contributed by atoms with E-state index in [0.717, 1.165) is 40.8 Å². The number of aryl methyl sites for hydroxylation is 1. The van der Waals surface area contributed by atoms with E-state index in [1.165, 1.54) is 6.42 Å². The van der Waals surface area contributed by atoms with Crippen LogP contribution in [0.2, 0.25) is 0 Å². The van der Waals surface area contributed by atoms with Crippen molar-refractivity contribution >= 4 is 38.6 Å². The molecule has 0 saturated heterocycles. The average Bonchev–Trinajstić information content (AvgIpc) is 2.72. The number of hydrogen-bond acceptors (Lipinski definition) is 2. The van der Waals surface area contributed by atoms with E-state index >= 15 is 0 Å². The molecule has 1 aromatic heterocycles. The molecule has 2 aromatic rings. The van der Waals surface area contributed by atoms with Crippen LogP contribution in [-0.2, 0) is 12.4 Å². The Labute approximate surface area is 127 Å². The standard InChI is InChI=1S/C14H19BrClN3/c1-18(2)7-3-4-8-19-13-9-11(15)5-6-12(13)17-14(19)10-16/h5-6,9H,3-4,7-8,10H2,1-2H3. The Morgan fingerprint density at radius 3 is 2.79 bits per heavy atom. The Balaban J connectivity index is 2.17. The first kappa shape index (κ1) is 14.8. The first-order valence-electron chi connectivity index (χ1n) is 6.47. The predicted octanol–water partition coefficient (Wildman–Crippen LogP) is 3.88. The van der Waals surface area contributed by atoms with Gasteiger partial charge in [0.2, 0.25) is 0 Å². The number of imidazole rings is 1. The third kappa shape index (κ3) is 3.71. The largest absolute Gasteiger partial charge is 0.327 e. The van der Waals surface area contributed by atoms with Crippen molar-refractivity contribution in [2.45, 2.75) is 25.3 Å². The molecule has 0 aliphatic rings. The molecule has 1 aromatic carbocycles. The second-order valence-corrected chi connectivity index (χ2v) is 6.14. The van der Waals surface area contributed by atoms with Crippen LogP contribution in [0.25, 0.3) is 11.0 Å². The SMILES string of the molecule is CN(C)CCCCn1c(CCl)nc2ccc(Br)cc21. The molecule has 0 spiro atoms. The summed E-state index contributed by atoms with van der Waals surface area (Å²) >= 11 is 9.52. The van der Waals surface area contributed by atoms with Crippen LogP contribution in [0.3, 0.4) is 0 Å². The molecule has 0 radical (unpaired) electrons. The van der Waals surface area contributed by atoms with Gasteiger partial charge in [-0.05, 0) is 51.7 Å². The lowest BCUT2D eigenvalue weighted by atomic mass is 10.2. The van der Waals surface area contributed by atoms with E-state index < -0.39 is 0 Å². The third-order valence-electron chi connectivity index (χ3n) is 3.15. The van der Waals surface area contributed by atoms with Crippen LogP contribution in [0.5, 0.6) is 0 Å². The molecule has 0 saturated carbocycles. The van der Waals surface area contributed by atoms with Crippen LogP contribution in [0, 0.1) is 0 Å². The zero-order chi connectivity index (χ0) is 13.8. The lowest BCUT2D eigenvalue weighted by molar-refractivity contribution is 0.388. The fraction of sp³-hybridized carbons (Fsp3) is 0.500. The Hall–Kier alpha value is -0.580. The molecule has 1 heterocycles. The minimum Gasteiger partial charge on any atom is -0.327 e. The van der Waals surface area contributed by atoms with Crippen LogP contribution in [0.15, 0.2) is 22.7 Å². The molecule has 19 heavy (non-hydrogen) atoms. The number of rotatable bonds is 6. The van der Waals surface area contributed by atoms with Crippen molar-refractivity contribution in [3.8, 4) is 0 Å². The molecule has 0 bridgehead atoms. The monoisotopic (exact) mass is 343 g/mol. The Morgan fingerprint density at radius 2 is 2.11 bits per heavy atom. The molecule has 0 unspecified atom stereocenters. The van der Waals surface area contributed by atoms with Crippen molar-refractivity contribution in [3.63, 3.8) is 0 Å². The van der Waals surface area contributed by atoms with Gasteiger partial charge in [0, 0.05) is 11.0 Å². The highest BCUT2D eigenvalue weighted by Crippen LogP contribution is 2.22. The van der Waals surface area contributed by atoms with E-state index in [0.29, 0.717) is 5.88 Å². The molecule has 0 atom stereocenters. The molecule has 0 aliphatic carbocycles. The van der Waals surface area contributed by atoms with Crippen molar-refractivity contribution < 1.29 is 0 Å². The fourth-order valence-corrected chi connectivity index (χ4v) is 2.75. The summed E-state index contributed by atoms with van der Waals surface area (Å²) < 4.78 is 3.32. The van der Waals surface area contributed by atoms with Gasteiger partial charge in [0.25, 0.3) is 0 Å². The van der Waals surface area contributed by atoms with Crippen molar-refractivity contribution in [1.29, 1.82) is 0 Å². The summed E-state index contributed by atoms with van der Waals surface area (Å²) in [6.07, 6.45) is 2.32. The predicted molar refractivity (Wildman–Crippen MR) is 84.8 cm³/mol. The van der Waals surface area contributed by atoms with E-state index in [4.69, 9.17) is 11.6 Å². The van der Waals surface area contributed by atoms with Crippen molar-refractivity contribution in [2.24, 2.45) is 0 Å². The van der Waals surface area contributed by atoms with E-state index in [2.05, 4.69) is 50.5 Å². The Morgan fingerprint density at radius 1 is 1.32 bits per heavy atom. The maximum absolute atomic E-state index is 6.00. The number of aromatic nitrogens is 2. The van der Waals surface area contributed by atoms with Gasteiger partial charge in [-0.1, -0.05) is 15.9 Å². The Bertz CT molecular complexity index is 551. The summed E-state index contributed by atoms with van der Waals surface area (Å²) in [6, 6.07) is 6.17. The zero-order valence-corrected chi connectivity index (χ0v) is 13.7. The van der Waals surface area contributed by atoms with Gasteiger partial charge in [0.1, 0.15) is 5.82 Å². The van der Waals surface area contributed by atoms with Crippen LogP contribution in [-0.4, -0.2) is 35.1 Å². The quantitative estimate of drug-likeness (QED) is 0.586. The smallest absolute Gasteiger partial charge is 0.124 e. The van der Waals surface area contributed by atoms with Crippen molar-refractivity contribution in [1.82, 2.24) is 14.5 Å². The third-order valence-corrected chi connectivity index (χ3v) is 3.88. The minimum absolute atomic E-state index is 0.458. The maximum atomic E-state index is 6.00. The number of fused-ring (bicyclic) bond motifs is 1. The fourth-order valence-electron chi connectivity index (χ4n) is 2.20. The highest BCUT2D eigenvalue weighted by molar-refractivity contribution is 9.10. The van der Waals surface area contributed by atoms with Crippen molar-refractivity contribution in [2.75, 3.05) is 20.6 Å². The van der Waals surface area contributed by atoms with Crippen LogP contribution in [0.1, 0.15) is 18.7 Å². The number of benzene rings is 1. The van der Waals surface area contributed by atoms with E-state index in [-0.39, 0.29) is 0 Å². The maximum Gasteiger partial charge on any atom is 0.124 e. The highest BCUT2D eigenvalue weighted by atomic mass is 79.9. The molecular formula is C14H19BrClN3. The van der Waals surface area contributed by atoms with Gasteiger partial charge in [-0.15, -0.1) is 11.6 Å². The lowest BCUT2D eigenvalue weighted by Gasteiger charge is -2.11. The van der Waals surface area contributed by atoms with Gasteiger partial charge in [-0.25, -0.2) is 4.98 Å².